The molecule has 0 aliphatic heterocycles. The smallest absolute Gasteiger partial charge is 0.241 e. The van der Waals surface area contributed by atoms with Crippen molar-refractivity contribution in [1.29, 1.82) is 0 Å². The molecule has 182 valence electrons. The second kappa shape index (κ2) is 10.9. The lowest BCUT2D eigenvalue weighted by Gasteiger charge is -2.25. The minimum atomic E-state index is -3.67. The number of sulfonamides is 1. The monoisotopic (exact) mass is 476 g/mol. The van der Waals surface area contributed by atoms with E-state index in [1.54, 1.807) is 31.4 Å². The number of anilines is 1. The van der Waals surface area contributed by atoms with Gasteiger partial charge in [0.05, 0.1) is 31.2 Å². The van der Waals surface area contributed by atoms with Crippen LogP contribution in [-0.4, -0.2) is 40.3 Å². The predicted octanol–water partition coefficient (Wildman–Crippen LogP) is 4.56. The highest BCUT2D eigenvalue weighted by Crippen LogP contribution is 2.32. The maximum Gasteiger partial charge on any atom is 0.241 e. The maximum atomic E-state index is 12.9. The first-order chi connectivity index (χ1) is 15.3. The fourth-order valence-electron chi connectivity index (χ4n) is 3.67. The van der Waals surface area contributed by atoms with Gasteiger partial charge in [0.2, 0.25) is 15.9 Å². The van der Waals surface area contributed by atoms with Crippen LogP contribution in [0.3, 0.4) is 0 Å². The summed E-state index contributed by atoms with van der Waals surface area (Å²) in [5, 5.41) is 2.94. The van der Waals surface area contributed by atoms with Crippen LogP contribution in [0, 0.1) is 6.92 Å². The molecule has 1 unspecified atom stereocenters. The van der Waals surface area contributed by atoms with Crippen LogP contribution < -0.4 is 19.1 Å². The fourth-order valence-corrected chi connectivity index (χ4v) is 4.53. The molecule has 1 atom stereocenters. The minimum absolute atomic E-state index is 0.00625. The van der Waals surface area contributed by atoms with Gasteiger partial charge in [0.1, 0.15) is 18.0 Å². The number of benzene rings is 2. The summed E-state index contributed by atoms with van der Waals surface area (Å²) in [6.07, 6.45) is 1.09. The topological polar surface area (TPSA) is 84.9 Å². The second-order valence-corrected chi connectivity index (χ2v) is 10.7. The van der Waals surface area contributed by atoms with Crippen molar-refractivity contribution in [3.63, 3.8) is 0 Å². The average molecular weight is 477 g/mol. The van der Waals surface area contributed by atoms with Gasteiger partial charge in [0.25, 0.3) is 0 Å². The zero-order chi connectivity index (χ0) is 24.9. The molecule has 0 aliphatic carbocycles. The van der Waals surface area contributed by atoms with Gasteiger partial charge in [-0.25, -0.2) is 8.42 Å². The first-order valence-electron chi connectivity index (χ1n) is 11.1. The Bertz CT molecular complexity index is 1060. The lowest BCUT2D eigenvalue weighted by Crippen LogP contribution is -2.41. The summed E-state index contributed by atoms with van der Waals surface area (Å²) >= 11 is 0. The molecule has 0 bridgehead atoms. The Balaban J connectivity index is 2.22. The molecule has 0 heterocycles. The zero-order valence-electron chi connectivity index (χ0n) is 20.8. The Labute approximate surface area is 198 Å². The van der Waals surface area contributed by atoms with Crippen molar-refractivity contribution in [2.45, 2.75) is 59.6 Å². The van der Waals surface area contributed by atoms with Crippen LogP contribution in [0.1, 0.15) is 63.3 Å². The van der Waals surface area contributed by atoms with Crippen molar-refractivity contribution in [2.75, 3.05) is 24.2 Å². The quantitative estimate of drug-likeness (QED) is 0.543. The summed E-state index contributed by atoms with van der Waals surface area (Å²) in [6, 6.07) is 10.4. The lowest BCUT2D eigenvalue weighted by molar-refractivity contribution is -0.120. The molecule has 0 fully saturated rings. The van der Waals surface area contributed by atoms with Gasteiger partial charge in [0.15, 0.2) is 0 Å². The number of ether oxygens (including phenoxy) is 2. The van der Waals surface area contributed by atoms with E-state index in [1.165, 1.54) is 0 Å². The molecule has 0 aliphatic rings. The van der Waals surface area contributed by atoms with Gasteiger partial charge in [-0.2, -0.15) is 0 Å². The number of nitrogens with zero attached hydrogens (tertiary/aromatic N) is 1. The number of carbonyl (C=O) groups is 1. The molecule has 2 aromatic carbocycles. The number of nitrogens with one attached hydrogen (secondary N) is 1. The summed E-state index contributed by atoms with van der Waals surface area (Å²) in [6.45, 7) is 11.5. The number of hydrogen-bond donors (Lipinski definition) is 1. The van der Waals surface area contributed by atoms with E-state index in [0.29, 0.717) is 11.4 Å². The first kappa shape index (κ1) is 26.5. The van der Waals surface area contributed by atoms with Crippen LogP contribution in [0.4, 0.5) is 5.69 Å². The maximum absolute atomic E-state index is 12.9. The van der Waals surface area contributed by atoms with E-state index >= 15 is 0 Å². The Kier molecular flexibility index (Phi) is 8.77. The van der Waals surface area contributed by atoms with E-state index in [0.717, 1.165) is 33.0 Å². The molecular formula is C25H36N2O5S. The van der Waals surface area contributed by atoms with E-state index in [1.807, 2.05) is 39.8 Å². The highest BCUT2D eigenvalue weighted by atomic mass is 32.2. The van der Waals surface area contributed by atoms with Crippen LogP contribution in [0.5, 0.6) is 11.5 Å². The van der Waals surface area contributed by atoms with Gasteiger partial charge >= 0.3 is 0 Å². The molecule has 7 nitrogen and oxygen atoms in total. The van der Waals surface area contributed by atoms with Crippen LogP contribution in [0.2, 0.25) is 0 Å². The largest absolute Gasteiger partial charge is 0.496 e. The second-order valence-electron chi connectivity index (χ2n) is 8.82. The molecule has 1 amide bonds. The molecule has 2 rings (SSSR count). The standard InChI is InChI=1S/C25H36N2O5S/c1-16(2)22-14-23(18(5)13-24(22)31-7)19(6)26-25(28)15-27(33(8,29)30)20-9-11-21(12-10-20)32-17(3)4/h9-14,16-17,19H,15H2,1-8H3,(H,26,28). The zero-order valence-corrected chi connectivity index (χ0v) is 21.6. The van der Waals surface area contributed by atoms with E-state index in [4.69, 9.17) is 9.47 Å². The number of rotatable bonds is 10. The Morgan fingerprint density at radius 2 is 1.64 bits per heavy atom. The third-order valence-corrected chi connectivity index (χ3v) is 6.41. The van der Waals surface area contributed by atoms with Crippen molar-refractivity contribution < 1.29 is 22.7 Å². The number of aryl methyl sites for hydroxylation is 1. The molecule has 1 N–H and O–H groups in total. The summed E-state index contributed by atoms with van der Waals surface area (Å²) in [7, 11) is -2.02. The van der Waals surface area contributed by atoms with Gasteiger partial charge in [-0.15, -0.1) is 0 Å². The Hall–Kier alpha value is -2.74. The summed E-state index contributed by atoms with van der Waals surface area (Å²) in [5.74, 6) is 1.32. The summed E-state index contributed by atoms with van der Waals surface area (Å²) in [5.41, 5.74) is 3.42. The van der Waals surface area contributed by atoms with Crippen molar-refractivity contribution >= 4 is 21.6 Å². The number of carbonyl (C=O) groups excluding carboxylic acids is 1. The van der Waals surface area contributed by atoms with Crippen LogP contribution >= 0.6 is 0 Å². The molecule has 2 aromatic rings. The Morgan fingerprint density at radius 3 is 2.12 bits per heavy atom. The van der Waals surface area contributed by atoms with E-state index in [-0.39, 0.29) is 24.6 Å². The van der Waals surface area contributed by atoms with Gasteiger partial charge in [-0.3, -0.25) is 9.10 Å². The highest BCUT2D eigenvalue weighted by molar-refractivity contribution is 7.92. The SMILES string of the molecule is COc1cc(C)c(C(C)NC(=O)CN(c2ccc(OC(C)C)cc2)S(C)(=O)=O)cc1C(C)C. The van der Waals surface area contributed by atoms with Crippen LogP contribution in [-0.2, 0) is 14.8 Å². The Morgan fingerprint density at radius 1 is 1.03 bits per heavy atom. The van der Waals surface area contributed by atoms with Gasteiger partial charge in [0, 0.05) is 0 Å². The van der Waals surface area contributed by atoms with E-state index in [2.05, 4.69) is 19.2 Å². The molecule has 0 aromatic heterocycles. The highest BCUT2D eigenvalue weighted by Gasteiger charge is 2.23. The molecule has 0 saturated carbocycles. The normalized spacial score (nSPS) is 12.5. The molecule has 0 saturated heterocycles. The third-order valence-electron chi connectivity index (χ3n) is 5.27. The lowest BCUT2D eigenvalue weighted by atomic mass is 9.93. The number of methoxy groups -OCH3 is 1. The van der Waals surface area contributed by atoms with Crippen molar-refractivity contribution in [1.82, 2.24) is 5.32 Å². The molecule has 33 heavy (non-hydrogen) atoms. The average Bonchev–Trinajstić information content (AvgIpc) is 2.70. The minimum Gasteiger partial charge on any atom is -0.496 e. The molecule has 0 spiro atoms. The van der Waals surface area contributed by atoms with E-state index < -0.39 is 15.9 Å². The van der Waals surface area contributed by atoms with Crippen molar-refractivity contribution in [3.8, 4) is 11.5 Å². The molecule has 0 radical (unpaired) electrons. The predicted molar refractivity (Wildman–Crippen MR) is 133 cm³/mol. The van der Waals surface area contributed by atoms with E-state index in [9.17, 15) is 13.2 Å². The first-order valence-corrected chi connectivity index (χ1v) is 12.9. The van der Waals surface area contributed by atoms with Crippen molar-refractivity contribution in [2.24, 2.45) is 0 Å². The van der Waals surface area contributed by atoms with Gasteiger partial charge in [-0.1, -0.05) is 13.8 Å². The fraction of sp³-hybridized carbons (Fsp3) is 0.480. The summed E-state index contributed by atoms with van der Waals surface area (Å²) in [4.78, 5) is 12.9. The number of hydrogen-bond acceptors (Lipinski definition) is 5. The third kappa shape index (κ3) is 7.12. The van der Waals surface area contributed by atoms with Gasteiger partial charge < -0.3 is 14.8 Å². The van der Waals surface area contributed by atoms with Gasteiger partial charge in [-0.05, 0) is 86.7 Å². The molecular weight excluding hydrogens is 440 g/mol. The summed E-state index contributed by atoms with van der Waals surface area (Å²) < 4.78 is 37.1. The molecule has 8 heteroatoms. The van der Waals surface area contributed by atoms with Crippen LogP contribution in [0.15, 0.2) is 36.4 Å². The number of amides is 1. The van der Waals surface area contributed by atoms with Crippen molar-refractivity contribution in [3.05, 3.63) is 53.1 Å². The van der Waals surface area contributed by atoms with Crippen LogP contribution in [0.25, 0.3) is 0 Å².